The number of phenols is 1. The van der Waals surface area contributed by atoms with Gasteiger partial charge in [-0.1, -0.05) is 47.1 Å². The van der Waals surface area contributed by atoms with Crippen molar-refractivity contribution in [3.8, 4) is 16.9 Å². The van der Waals surface area contributed by atoms with Crippen molar-refractivity contribution >= 4 is 49.0 Å². The molecule has 2 heterocycles. The molecule has 130 valence electrons. The van der Waals surface area contributed by atoms with Crippen LogP contribution in [0.3, 0.4) is 0 Å². The van der Waals surface area contributed by atoms with Crippen molar-refractivity contribution in [2.75, 3.05) is 5.32 Å². The first-order valence-corrected chi connectivity index (χ1v) is 9.85. The van der Waals surface area contributed by atoms with E-state index in [4.69, 9.17) is 0 Å². The van der Waals surface area contributed by atoms with Crippen molar-refractivity contribution < 1.29 is 5.11 Å². The number of fused-ring (bicyclic) bond motifs is 1. The number of benzene rings is 2. The minimum atomic E-state index is 0.190. The Kier molecular flexibility index (Phi) is 4.61. The molecule has 4 nitrogen and oxygen atoms in total. The Morgan fingerprint density at radius 1 is 1.08 bits per heavy atom. The van der Waals surface area contributed by atoms with Crippen molar-refractivity contribution in [3.05, 3.63) is 64.2 Å². The number of aryl methyl sites for hydroxylation is 1. The number of hydrogen-bond acceptors (Lipinski definition) is 5. The highest BCUT2D eigenvalue weighted by molar-refractivity contribution is 9.10. The molecule has 0 spiro atoms. The molecule has 2 aromatic heterocycles. The summed E-state index contributed by atoms with van der Waals surface area (Å²) in [5.74, 6) is 0.890. The van der Waals surface area contributed by atoms with E-state index in [-0.39, 0.29) is 5.75 Å². The summed E-state index contributed by atoms with van der Waals surface area (Å²) in [5, 5.41) is 14.4. The molecule has 0 atom stereocenters. The Morgan fingerprint density at radius 2 is 1.85 bits per heavy atom. The Hall–Kier alpha value is -2.44. The first-order chi connectivity index (χ1) is 12.7. The fourth-order valence-electron chi connectivity index (χ4n) is 2.95. The van der Waals surface area contributed by atoms with E-state index in [9.17, 15) is 5.11 Å². The number of phenolic OH excluding ortho intramolecular Hbond substituents is 1. The predicted molar refractivity (Wildman–Crippen MR) is 111 cm³/mol. The molecule has 0 aliphatic rings. The molecule has 0 saturated heterocycles. The zero-order valence-corrected chi connectivity index (χ0v) is 16.4. The molecule has 0 amide bonds. The molecule has 26 heavy (non-hydrogen) atoms. The average Bonchev–Trinajstić information content (AvgIpc) is 3.04. The van der Waals surface area contributed by atoms with Crippen molar-refractivity contribution in [3.63, 3.8) is 0 Å². The van der Waals surface area contributed by atoms with E-state index in [2.05, 4.69) is 50.3 Å². The Bertz CT molecular complexity index is 1080. The molecule has 0 saturated carbocycles. The van der Waals surface area contributed by atoms with E-state index in [1.807, 2.05) is 24.3 Å². The van der Waals surface area contributed by atoms with Crippen LogP contribution in [0.1, 0.15) is 11.8 Å². The topological polar surface area (TPSA) is 58.0 Å². The molecule has 0 aliphatic heterocycles. The first kappa shape index (κ1) is 17.0. The Morgan fingerprint density at radius 3 is 2.58 bits per heavy atom. The third-order valence-corrected chi connectivity index (χ3v) is 5.94. The molecule has 2 N–H and O–H groups in total. The van der Waals surface area contributed by atoms with Gasteiger partial charge in [-0.3, -0.25) is 0 Å². The minimum absolute atomic E-state index is 0.190. The summed E-state index contributed by atoms with van der Waals surface area (Å²) in [5.41, 5.74) is 2.91. The highest BCUT2D eigenvalue weighted by Gasteiger charge is 2.18. The fraction of sp³-hybridized carbons (Fsp3) is 0.100. The van der Waals surface area contributed by atoms with Gasteiger partial charge in [-0.25, -0.2) is 9.97 Å². The van der Waals surface area contributed by atoms with Crippen LogP contribution in [0.2, 0.25) is 0 Å². The summed E-state index contributed by atoms with van der Waals surface area (Å²) in [6, 6.07) is 15.4. The third-order valence-electron chi connectivity index (χ3n) is 4.17. The molecule has 2 aromatic carbocycles. The Labute approximate surface area is 163 Å². The normalized spacial score (nSPS) is 11.0. The van der Waals surface area contributed by atoms with E-state index >= 15 is 0 Å². The maximum atomic E-state index is 10.1. The van der Waals surface area contributed by atoms with E-state index in [1.54, 1.807) is 29.8 Å². The lowest BCUT2D eigenvalue weighted by Crippen LogP contribution is -1.96. The van der Waals surface area contributed by atoms with Gasteiger partial charge in [0.2, 0.25) is 0 Å². The van der Waals surface area contributed by atoms with Gasteiger partial charge in [0.05, 0.1) is 11.1 Å². The number of rotatable bonds is 4. The van der Waals surface area contributed by atoms with Crippen molar-refractivity contribution in [1.82, 2.24) is 9.97 Å². The van der Waals surface area contributed by atoms with Crippen LogP contribution in [-0.2, 0) is 6.42 Å². The highest BCUT2D eigenvalue weighted by atomic mass is 79.9. The van der Waals surface area contributed by atoms with Crippen LogP contribution in [0.25, 0.3) is 21.3 Å². The van der Waals surface area contributed by atoms with Crippen molar-refractivity contribution in [2.24, 2.45) is 0 Å². The first-order valence-electron chi connectivity index (χ1n) is 8.24. The minimum Gasteiger partial charge on any atom is -0.506 e. The lowest BCUT2D eigenvalue weighted by Gasteiger charge is -2.10. The second-order valence-electron chi connectivity index (χ2n) is 5.81. The largest absolute Gasteiger partial charge is 0.506 e. The zero-order chi connectivity index (χ0) is 18.1. The smallest absolute Gasteiger partial charge is 0.143 e. The number of para-hydroxylation sites is 2. The van der Waals surface area contributed by atoms with E-state index < -0.39 is 0 Å². The van der Waals surface area contributed by atoms with Crippen LogP contribution in [0.4, 0.5) is 11.5 Å². The van der Waals surface area contributed by atoms with Crippen LogP contribution >= 0.6 is 27.3 Å². The van der Waals surface area contributed by atoms with Gasteiger partial charge in [0.25, 0.3) is 0 Å². The summed E-state index contributed by atoms with van der Waals surface area (Å²) < 4.78 is 1.04. The molecule has 0 radical (unpaired) electrons. The number of anilines is 2. The number of nitrogens with zero attached hydrogens (tertiary/aromatic N) is 2. The van der Waals surface area contributed by atoms with Gasteiger partial charge < -0.3 is 10.4 Å². The second kappa shape index (κ2) is 7.05. The molecule has 4 aromatic rings. The van der Waals surface area contributed by atoms with Gasteiger partial charge in [-0.05, 0) is 36.2 Å². The lowest BCUT2D eigenvalue weighted by atomic mass is 10.0. The number of halogens is 1. The molecule has 0 aliphatic carbocycles. The lowest BCUT2D eigenvalue weighted by molar-refractivity contribution is 0.478. The highest BCUT2D eigenvalue weighted by Crippen LogP contribution is 2.42. The number of nitrogens with one attached hydrogen (secondary N) is 1. The van der Waals surface area contributed by atoms with Crippen LogP contribution in [0.15, 0.2) is 59.3 Å². The van der Waals surface area contributed by atoms with Crippen LogP contribution in [0, 0.1) is 0 Å². The number of hydrogen-bond donors (Lipinski definition) is 2. The molecular weight excluding hydrogens is 410 g/mol. The van der Waals surface area contributed by atoms with E-state index in [0.717, 1.165) is 32.2 Å². The summed E-state index contributed by atoms with van der Waals surface area (Å²) >= 11 is 5.19. The summed E-state index contributed by atoms with van der Waals surface area (Å²) in [7, 11) is 0. The number of thiophene rings is 1. The van der Waals surface area contributed by atoms with E-state index in [1.165, 1.54) is 4.88 Å². The molecule has 0 bridgehead atoms. The van der Waals surface area contributed by atoms with Crippen LogP contribution < -0.4 is 5.32 Å². The maximum Gasteiger partial charge on any atom is 0.143 e. The number of aromatic hydroxyl groups is 1. The van der Waals surface area contributed by atoms with Gasteiger partial charge in [-0.15, -0.1) is 11.3 Å². The monoisotopic (exact) mass is 425 g/mol. The zero-order valence-electron chi connectivity index (χ0n) is 14.0. The summed E-state index contributed by atoms with van der Waals surface area (Å²) in [6.45, 7) is 2.15. The summed E-state index contributed by atoms with van der Waals surface area (Å²) in [4.78, 5) is 11.1. The standard InChI is InChI=1S/C20H16BrN3OS/c1-2-16-17(12-7-9-13(21)10-8-12)18-19(22-11-23-20(18)26-16)24-14-5-3-4-6-15(14)25/h3-11,25H,2H2,1H3,(H,22,23,24). The molecule has 0 unspecified atom stereocenters. The van der Waals surface area contributed by atoms with Crippen molar-refractivity contribution in [1.29, 1.82) is 0 Å². The predicted octanol–water partition coefficient (Wildman–Crippen LogP) is 6.13. The quantitative estimate of drug-likeness (QED) is 0.386. The average molecular weight is 426 g/mol. The Balaban J connectivity index is 1.93. The SMILES string of the molecule is CCc1sc2ncnc(Nc3ccccc3O)c2c1-c1ccc(Br)cc1. The molecule has 4 rings (SSSR count). The van der Waals surface area contributed by atoms with Gasteiger partial charge in [-0.2, -0.15) is 0 Å². The summed E-state index contributed by atoms with van der Waals surface area (Å²) in [6.07, 6.45) is 2.48. The molecule has 0 fully saturated rings. The van der Waals surface area contributed by atoms with Gasteiger partial charge in [0, 0.05) is 14.9 Å². The third kappa shape index (κ3) is 3.06. The van der Waals surface area contributed by atoms with Gasteiger partial charge in [0.15, 0.2) is 0 Å². The van der Waals surface area contributed by atoms with Crippen molar-refractivity contribution in [2.45, 2.75) is 13.3 Å². The van der Waals surface area contributed by atoms with Gasteiger partial charge >= 0.3 is 0 Å². The van der Waals surface area contributed by atoms with Crippen LogP contribution in [-0.4, -0.2) is 15.1 Å². The molecular formula is C20H16BrN3OS. The second-order valence-corrected chi connectivity index (χ2v) is 7.80. The van der Waals surface area contributed by atoms with Crippen LogP contribution in [0.5, 0.6) is 5.75 Å². The number of aromatic nitrogens is 2. The molecule has 6 heteroatoms. The van der Waals surface area contributed by atoms with E-state index in [0.29, 0.717) is 11.5 Å². The fourth-order valence-corrected chi connectivity index (χ4v) is 4.32. The van der Waals surface area contributed by atoms with Gasteiger partial charge in [0.1, 0.15) is 22.7 Å². The maximum absolute atomic E-state index is 10.1.